The van der Waals surface area contributed by atoms with Gasteiger partial charge in [-0.25, -0.2) is 13.6 Å². The lowest BCUT2D eigenvalue weighted by Gasteiger charge is -2.05. The zero-order valence-corrected chi connectivity index (χ0v) is 12.9. The number of hydrogen-bond acceptors (Lipinski definition) is 3. The Labute approximate surface area is 125 Å². The lowest BCUT2D eigenvalue weighted by atomic mass is 10.1. The number of aromatic nitrogens is 1. The number of sulfonamides is 1. The van der Waals surface area contributed by atoms with E-state index in [0.29, 0.717) is 0 Å². The van der Waals surface area contributed by atoms with Crippen LogP contribution in [-0.4, -0.2) is 19.5 Å². The van der Waals surface area contributed by atoms with Crippen LogP contribution >= 0.6 is 0 Å². The molecule has 0 aliphatic carbocycles. The highest BCUT2D eigenvalue weighted by molar-refractivity contribution is 7.89. The van der Waals surface area contributed by atoms with Crippen molar-refractivity contribution in [3.8, 4) is 0 Å². The highest BCUT2D eigenvalue weighted by Gasteiger charge is 2.06. The van der Waals surface area contributed by atoms with Crippen LogP contribution in [0.5, 0.6) is 0 Å². The van der Waals surface area contributed by atoms with Gasteiger partial charge in [-0.3, -0.25) is 0 Å². The Morgan fingerprint density at radius 1 is 1.14 bits per heavy atom. The summed E-state index contributed by atoms with van der Waals surface area (Å²) in [5.74, 6) is 0. The third-order valence-electron chi connectivity index (χ3n) is 3.35. The molecule has 0 aliphatic heterocycles. The second kappa shape index (κ2) is 6.89. The van der Waals surface area contributed by atoms with E-state index in [4.69, 9.17) is 5.14 Å². The molecule has 2 rings (SSSR count). The monoisotopic (exact) mass is 307 g/mol. The maximum atomic E-state index is 11.2. The predicted molar refractivity (Wildman–Crippen MR) is 83.3 cm³/mol. The molecule has 5 nitrogen and oxygen atoms in total. The van der Waals surface area contributed by atoms with Gasteiger partial charge in [0.2, 0.25) is 10.0 Å². The van der Waals surface area contributed by atoms with Crippen LogP contribution in [0.2, 0.25) is 0 Å². The molecule has 0 radical (unpaired) electrons. The van der Waals surface area contributed by atoms with E-state index < -0.39 is 10.0 Å². The lowest BCUT2D eigenvalue weighted by Crippen LogP contribution is -2.16. The maximum absolute atomic E-state index is 11.2. The second-order valence-corrected chi connectivity index (χ2v) is 6.53. The minimum atomic E-state index is -3.60. The fourth-order valence-corrected chi connectivity index (χ4v) is 2.62. The molecule has 21 heavy (non-hydrogen) atoms. The van der Waals surface area contributed by atoms with Crippen molar-refractivity contribution in [3.05, 3.63) is 53.9 Å². The van der Waals surface area contributed by atoms with Gasteiger partial charge in [0, 0.05) is 25.5 Å². The summed E-state index contributed by atoms with van der Waals surface area (Å²) in [5, 5.41) is 8.44. The molecule has 1 aromatic heterocycles. The average molecular weight is 307 g/mol. The lowest BCUT2D eigenvalue weighted by molar-refractivity contribution is 0.597. The van der Waals surface area contributed by atoms with E-state index in [1.807, 2.05) is 0 Å². The van der Waals surface area contributed by atoms with Gasteiger partial charge in [-0.1, -0.05) is 12.1 Å². The number of rotatable bonds is 7. The molecule has 0 saturated carbocycles. The van der Waals surface area contributed by atoms with Crippen molar-refractivity contribution in [2.45, 2.75) is 31.3 Å². The van der Waals surface area contributed by atoms with Gasteiger partial charge in [0.1, 0.15) is 0 Å². The normalized spacial score (nSPS) is 11.7. The summed E-state index contributed by atoms with van der Waals surface area (Å²) in [6, 6.07) is 8.80. The second-order valence-electron chi connectivity index (χ2n) is 4.97. The molecule has 6 heteroatoms. The summed E-state index contributed by atoms with van der Waals surface area (Å²) in [6.45, 7) is 4.77. The SMILES string of the molecule is CCn1ccc(CNCCc2ccc(S(N)(=O)=O)cc2)c1. The summed E-state index contributed by atoms with van der Waals surface area (Å²) in [7, 11) is -3.60. The van der Waals surface area contributed by atoms with Gasteiger partial charge in [0.25, 0.3) is 0 Å². The number of nitrogens with zero attached hydrogens (tertiary/aromatic N) is 1. The Kier molecular flexibility index (Phi) is 5.17. The first-order valence-corrected chi connectivity index (χ1v) is 8.51. The molecule has 0 aliphatic rings. The van der Waals surface area contributed by atoms with Crippen LogP contribution in [-0.2, 0) is 29.5 Å². The molecule has 2 aromatic rings. The van der Waals surface area contributed by atoms with Crippen molar-refractivity contribution in [1.29, 1.82) is 0 Å². The summed E-state index contributed by atoms with van der Waals surface area (Å²) in [5.41, 5.74) is 2.35. The third-order valence-corrected chi connectivity index (χ3v) is 4.28. The average Bonchev–Trinajstić information content (AvgIpc) is 2.91. The Bertz CT molecular complexity index is 675. The van der Waals surface area contributed by atoms with Gasteiger partial charge in [-0.05, 0) is 49.2 Å². The van der Waals surface area contributed by atoms with Crippen molar-refractivity contribution in [2.75, 3.05) is 6.54 Å². The van der Waals surface area contributed by atoms with E-state index in [1.165, 1.54) is 5.56 Å². The van der Waals surface area contributed by atoms with Gasteiger partial charge in [0.15, 0.2) is 0 Å². The highest BCUT2D eigenvalue weighted by Crippen LogP contribution is 2.09. The van der Waals surface area contributed by atoms with Crippen molar-refractivity contribution in [2.24, 2.45) is 5.14 Å². The number of aryl methyl sites for hydroxylation is 1. The first kappa shape index (κ1) is 15.8. The largest absolute Gasteiger partial charge is 0.354 e. The van der Waals surface area contributed by atoms with Crippen molar-refractivity contribution < 1.29 is 8.42 Å². The maximum Gasteiger partial charge on any atom is 0.238 e. The zero-order valence-electron chi connectivity index (χ0n) is 12.1. The summed E-state index contributed by atoms with van der Waals surface area (Å²) >= 11 is 0. The van der Waals surface area contributed by atoms with Crippen LogP contribution in [0.4, 0.5) is 0 Å². The molecular formula is C15H21N3O2S. The number of nitrogens with two attached hydrogens (primary N) is 1. The zero-order chi connectivity index (χ0) is 15.3. The topological polar surface area (TPSA) is 77.1 Å². The fourth-order valence-electron chi connectivity index (χ4n) is 2.10. The van der Waals surface area contributed by atoms with E-state index >= 15 is 0 Å². The van der Waals surface area contributed by atoms with Crippen molar-refractivity contribution in [3.63, 3.8) is 0 Å². The van der Waals surface area contributed by atoms with Gasteiger partial charge >= 0.3 is 0 Å². The number of primary sulfonamides is 1. The van der Waals surface area contributed by atoms with Crippen LogP contribution in [0.25, 0.3) is 0 Å². The predicted octanol–water partition coefficient (Wildman–Crippen LogP) is 1.49. The van der Waals surface area contributed by atoms with Gasteiger partial charge in [-0.2, -0.15) is 0 Å². The number of nitrogens with one attached hydrogen (secondary N) is 1. The minimum absolute atomic E-state index is 0.153. The molecule has 0 unspecified atom stereocenters. The van der Waals surface area contributed by atoms with E-state index in [9.17, 15) is 8.42 Å². The van der Waals surface area contributed by atoms with Crippen LogP contribution in [0.15, 0.2) is 47.6 Å². The van der Waals surface area contributed by atoms with Gasteiger partial charge in [-0.15, -0.1) is 0 Å². The summed E-state index contributed by atoms with van der Waals surface area (Å²) < 4.78 is 24.4. The first-order chi connectivity index (χ1) is 9.99. The summed E-state index contributed by atoms with van der Waals surface area (Å²) in [6.07, 6.45) is 5.05. The molecule has 1 heterocycles. The van der Waals surface area contributed by atoms with Crippen LogP contribution in [0, 0.1) is 0 Å². The standard InChI is InChI=1S/C15H21N3O2S/c1-2-18-10-8-14(12-18)11-17-9-7-13-3-5-15(6-4-13)21(16,19)20/h3-6,8,10,12,17H,2,7,9,11H2,1H3,(H2,16,19,20). The minimum Gasteiger partial charge on any atom is -0.354 e. The smallest absolute Gasteiger partial charge is 0.238 e. The van der Waals surface area contributed by atoms with Crippen LogP contribution in [0.3, 0.4) is 0 Å². The van der Waals surface area contributed by atoms with Gasteiger partial charge in [0.05, 0.1) is 4.90 Å². The van der Waals surface area contributed by atoms with E-state index in [1.54, 1.807) is 24.3 Å². The van der Waals surface area contributed by atoms with Crippen LogP contribution in [0.1, 0.15) is 18.1 Å². The Hall–Kier alpha value is -1.63. The summed E-state index contributed by atoms with van der Waals surface area (Å²) in [4.78, 5) is 0.153. The Morgan fingerprint density at radius 3 is 2.43 bits per heavy atom. The number of hydrogen-bond donors (Lipinski definition) is 2. The molecule has 114 valence electrons. The molecule has 0 saturated heterocycles. The highest BCUT2D eigenvalue weighted by atomic mass is 32.2. The van der Waals surface area contributed by atoms with E-state index in [2.05, 4.69) is 35.3 Å². The molecular weight excluding hydrogens is 286 g/mol. The third kappa shape index (κ3) is 4.70. The van der Waals surface area contributed by atoms with E-state index in [-0.39, 0.29) is 4.90 Å². The quantitative estimate of drug-likeness (QED) is 0.761. The molecule has 0 bridgehead atoms. The molecule has 0 atom stereocenters. The van der Waals surface area contributed by atoms with Gasteiger partial charge < -0.3 is 9.88 Å². The Balaban J connectivity index is 1.78. The first-order valence-electron chi connectivity index (χ1n) is 6.96. The molecule has 0 fully saturated rings. The molecule has 0 spiro atoms. The van der Waals surface area contributed by atoms with E-state index in [0.717, 1.165) is 31.6 Å². The fraction of sp³-hybridized carbons (Fsp3) is 0.333. The molecule has 0 amide bonds. The van der Waals surface area contributed by atoms with Crippen molar-refractivity contribution in [1.82, 2.24) is 9.88 Å². The Morgan fingerprint density at radius 2 is 1.86 bits per heavy atom. The number of benzene rings is 1. The van der Waals surface area contributed by atoms with Crippen molar-refractivity contribution >= 4 is 10.0 Å². The molecule has 1 aromatic carbocycles. The van der Waals surface area contributed by atoms with Crippen LogP contribution < -0.4 is 10.5 Å². The molecule has 3 N–H and O–H groups in total.